The van der Waals surface area contributed by atoms with E-state index in [1.165, 1.54) is 42.5 Å². The van der Waals surface area contributed by atoms with Crippen LogP contribution in [0.5, 0.6) is 0 Å². The quantitative estimate of drug-likeness (QED) is 0.222. The van der Waals surface area contributed by atoms with E-state index in [1.54, 1.807) is 35.0 Å². The standard InChI is InChI=1S/C21H13FN4O4S/c22-17-8-1-2-9-18(17)25-20(28)16(19(27)23-21(25)31)12-14-7-4-10-24(14)13-5-3-6-15(11-13)26(29)30/h1-12H,(H,23,27,31). The van der Waals surface area contributed by atoms with Crippen LogP contribution in [0.25, 0.3) is 11.8 Å². The number of anilines is 1. The van der Waals surface area contributed by atoms with Gasteiger partial charge < -0.3 is 4.57 Å². The number of nitrogens with one attached hydrogen (secondary N) is 1. The summed E-state index contributed by atoms with van der Waals surface area (Å²) in [5.74, 6) is -2.19. The highest BCUT2D eigenvalue weighted by molar-refractivity contribution is 7.80. The molecular formula is C21H13FN4O4S. The lowest BCUT2D eigenvalue weighted by atomic mass is 10.1. The number of amides is 2. The lowest BCUT2D eigenvalue weighted by Crippen LogP contribution is -2.54. The molecule has 0 saturated carbocycles. The molecule has 1 fully saturated rings. The molecule has 0 spiro atoms. The summed E-state index contributed by atoms with van der Waals surface area (Å²) < 4.78 is 15.9. The molecule has 0 radical (unpaired) electrons. The number of para-hydroxylation sites is 1. The van der Waals surface area contributed by atoms with E-state index in [9.17, 15) is 24.1 Å². The first-order valence-electron chi connectivity index (χ1n) is 8.95. The summed E-state index contributed by atoms with van der Waals surface area (Å²) in [5, 5.41) is 13.2. The molecule has 1 aliphatic heterocycles. The van der Waals surface area contributed by atoms with Crippen molar-refractivity contribution in [3.63, 3.8) is 0 Å². The molecule has 2 aromatic carbocycles. The lowest BCUT2D eigenvalue weighted by molar-refractivity contribution is -0.384. The SMILES string of the molecule is O=C1NC(=S)N(c2ccccc2F)C(=O)C1=Cc1cccn1-c1cccc([N+](=O)[O-])c1. The van der Waals surface area contributed by atoms with Crippen LogP contribution >= 0.6 is 12.2 Å². The van der Waals surface area contributed by atoms with Crippen LogP contribution in [0.15, 0.2) is 72.4 Å². The lowest BCUT2D eigenvalue weighted by Gasteiger charge is -2.29. The van der Waals surface area contributed by atoms with E-state index in [0.717, 1.165) is 4.90 Å². The molecule has 0 atom stereocenters. The predicted octanol–water partition coefficient (Wildman–Crippen LogP) is 3.36. The normalized spacial score (nSPS) is 15.3. The molecule has 1 N–H and O–H groups in total. The maximum atomic E-state index is 14.3. The monoisotopic (exact) mass is 436 g/mol. The summed E-state index contributed by atoms with van der Waals surface area (Å²) in [4.78, 5) is 37.0. The fourth-order valence-electron chi connectivity index (χ4n) is 3.16. The van der Waals surface area contributed by atoms with Gasteiger partial charge in [-0.15, -0.1) is 0 Å². The van der Waals surface area contributed by atoms with Crippen LogP contribution in [0.1, 0.15) is 5.69 Å². The van der Waals surface area contributed by atoms with Crippen molar-refractivity contribution in [1.82, 2.24) is 9.88 Å². The Morgan fingerprint density at radius 2 is 1.84 bits per heavy atom. The minimum Gasteiger partial charge on any atom is -0.317 e. The average molecular weight is 436 g/mol. The van der Waals surface area contributed by atoms with E-state index in [1.807, 2.05) is 0 Å². The Morgan fingerprint density at radius 1 is 1.06 bits per heavy atom. The van der Waals surface area contributed by atoms with Crippen molar-refractivity contribution in [2.75, 3.05) is 4.90 Å². The minimum atomic E-state index is -0.786. The third-order valence-corrected chi connectivity index (χ3v) is 4.87. The van der Waals surface area contributed by atoms with Gasteiger partial charge in [0.1, 0.15) is 11.4 Å². The number of hydrogen-bond donors (Lipinski definition) is 1. The zero-order valence-electron chi connectivity index (χ0n) is 15.7. The van der Waals surface area contributed by atoms with Crippen molar-refractivity contribution in [1.29, 1.82) is 0 Å². The number of non-ortho nitro benzene ring substituents is 1. The number of aromatic nitrogens is 1. The summed E-state index contributed by atoms with van der Waals surface area (Å²) in [6, 6.07) is 14.8. The highest BCUT2D eigenvalue weighted by Crippen LogP contribution is 2.26. The molecule has 10 heteroatoms. The molecule has 0 unspecified atom stereocenters. The molecule has 4 rings (SSSR count). The van der Waals surface area contributed by atoms with Crippen LogP contribution in [-0.2, 0) is 9.59 Å². The van der Waals surface area contributed by atoms with Crippen LogP contribution < -0.4 is 10.2 Å². The average Bonchev–Trinajstić information content (AvgIpc) is 3.21. The summed E-state index contributed by atoms with van der Waals surface area (Å²) in [6.07, 6.45) is 2.96. The first kappa shape index (κ1) is 20.1. The smallest absolute Gasteiger partial charge is 0.271 e. The number of halogens is 1. The molecule has 8 nitrogen and oxygen atoms in total. The zero-order valence-corrected chi connectivity index (χ0v) is 16.5. The van der Waals surface area contributed by atoms with Crippen molar-refractivity contribution in [2.24, 2.45) is 0 Å². The Labute approximate surface area is 180 Å². The molecule has 2 heterocycles. The summed E-state index contributed by atoms with van der Waals surface area (Å²) >= 11 is 5.08. The molecule has 3 aromatic rings. The van der Waals surface area contributed by atoms with E-state index in [4.69, 9.17) is 12.2 Å². The Bertz CT molecular complexity index is 1280. The van der Waals surface area contributed by atoms with Gasteiger partial charge >= 0.3 is 0 Å². The number of benzene rings is 2. The first-order chi connectivity index (χ1) is 14.9. The summed E-state index contributed by atoms with van der Waals surface area (Å²) in [7, 11) is 0. The second-order valence-corrected chi connectivity index (χ2v) is 6.88. The topological polar surface area (TPSA) is 97.5 Å². The van der Waals surface area contributed by atoms with Gasteiger partial charge in [-0.1, -0.05) is 18.2 Å². The summed E-state index contributed by atoms with van der Waals surface area (Å²) in [5.41, 5.74) is 0.434. The number of rotatable bonds is 4. The number of nitrogens with zero attached hydrogens (tertiary/aromatic N) is 3. The number of hydrogen-bond acceptors (Lipinski definition) is 5. The van der Waals surface area contributed by atoms with Crippen LogP contribution in [0.4, 0.5) is 15.8 Å². The van der Waals surface area contributed by atoms with Gasteiger partial charge in [0.2, 0.25) is 0 Å². The van der Waals surface area contributed by atoms with Crippen molar-refractivity contribution in [3.05, 3.63) is 94.1 Å². The molecule has 1 aliphatic rings. The van der Waals surface area contributed by atoms with E-state index < -0.39 is 22.6 Å². The van der Waals surface area contributed by atoms with E-state index >= 15 is 0 Å². The maximum Gasteiger partial charge on any atom is 0.271 e. The van der Waals surface area contributed by atoms with Crippen molar-refractivity contribution >= 4 is 46.6 Å². The third kappa shape index (κ3) is 3.71. The number of nitro benzene ring substituents is 1. The Balaban J connectivity index is 1.77. The largest absolute Gasteiger partial charge is 0.317 e. The highest BCUT2D eigenvalue weighted by atomic mass is 32.1. The van der Waals surface area contributed by atoms with Gasteiger partial charge in [0.05, 0.1) is 16.3 Å². The van der Waals surface area contributed by atoms with E-state index in [0.29, 0.717) is 11.4 Å². The van der Waals surface area contributed by atoms with Gasteiger partial charge in [-0.3, -0.25) is 25.0 Å². The Morgan fingerprint density at radius 3 is 2.58 bits per heavy atom. The molecule has 31 heavy (non-hydrogen) atoms. The van der Waals surface area contributed by atoms with Gasteiger partial charge in [-0.05, 0) is 48.6 Å². The molecule has 2 amide bonds. The van der Waals surface area contributed by atoms with Gasteiger partial charge in [-0.2, -0.15) is 0 Å². The number of thiocarbonyl (C=S) groups is 1. The molecule has 1 aromatic heterocycles. The van der Waals surface area contributed by atoms with Gasteiger partial charge in [0.15, 0.2) is 5.11 Å². The molecule has 0 aliphatic carbocycles. The molecule has 154 valence electrons. The second kappa shape index (κ2) is 7.92. The van der Waals surface area contributed by atoms with Crippen molar-refractivity contribution < 1.29 is 18.9 Å². The maximum absolute atomic E-state index is 14.3. The van der Waals surface area contributed by atoms with Gasteiger partial charge in [-0.25, -0.2) is 9.29 Å². The second-order valence-electron chi connectivity index (χ2n) is 6.49. The number of carbonyl (C=O) groups is 2. The van der Waals surface area contributed by atoms with Crippen LogP contribution in [0.2, 0.25) is 0 Å². The third-order valence-electron chi connectivity index (χ3n) is 4.59. The molecular weight excluding hydrogens is 423 g/mol. The van der Waals surface area contributed by atoms with Crippen LogP contribution in [-0.4, -0.2) is 26.4 Å². The Kier molecular flexibility index (Phi) is 5.14. The van der Waals surface area contributed by atoms with Crippen molar-refractivity contribution in [3.8, 4) is 5.69 Å². The zero-order chi connectivity index (χ0) is 22.1. The van der Waals surface area contributed by atoms with Crippen LogP contribution in [0.3, 0.4) is 0 Å². The van der Waals surface area contributed by atoms with Gasteiger partial charge in [0.25, 0.3) is 17.5 Å². The molecule has 1 saturated heterocycles. The highest BCUT2D eigenvalue weighted by Gasteiger charge is 2.35. The van der Waals surface area contributed by atoms with Crippen molar-refractivity contribution in [2.45, 2.75) is 0 Å². The number of nitro groups is 1. The van der Waals surface area contributed by atoms with Crippen LogP contribution in [0, 0.1) is 15.9 Å². The summed E-state index contributed by atoms with van der Waals surface area (Å²) in [6.45, 7) is 0. The number of carbonyl (C=O) groups excluding carboxylic acids is 2. The molecule has 0 bridgehead atoms. The fourth-order valence-corrected chi connectivity index (χ4v) is 3.43. The Hall–Kier alpha value is -4.18. The fraction of sp³-hybridized carbons (Fsp3) is 0. The minimum absolute atomic E-state index is 0.0857. The van der Waals surface area contributed by atoms with Gasteiger partial charge in [0, 0.05) is 24.0 Å². The van der Waals surface area contributed by atoms with E-state index in [2.05, 4.69) is 5.32 Å². The predicted molar refractivity (Wildman–Crippen MR) is 115 cm³/mol. The first-order valence-corrected chi connectivity index (χ1v) is 9.36. The van der Waals surface area contributed by atoms with E-state index in [-0.39, 0.29) is 22.1 Å².